The summed E-state index contributed by atoms with van der Waals surface area (Å²) < 4.78 is 12.4. The van der Waals surface area contributed by atoms with Crippen molar-refractivity contribution < 1.29 is 14.3 Å². The molecule has 0 saturated carbocycles. The molecule has 0 fully saturated rings. The Morgan fingerprint density at radius 2 is 1.97 bits per heavy atom. The third kappa shape index (κ3) is 5.52. The van der Waals surface area contributed by atoms with Crippen LogP contribution in [0.5, 0.6) is 5.75 Å². The molecular weight excluding hydrogens is 412 g/mol. The first-order chi connectivity index (χ1) is 14.1. The number of aromatic nitrogens is 5. The van der Waals surface area contributed by atoms with Gasteiger partial charge in [0.25, 0.3) is 0 Å². The van der Waals surface area contributed by atoms with Crippen molar-refractivity contribution in [2.45, 2.75) is 25.0 Å². The van der Waals surface area contributed by atoms with E-state index in [1.165, 1.54) is 23.1 Å². The van der Waals surface area contributed by atoms with Crippen LogP contribution in [-0.4, -0.2) is 57.4 Å². The number of aryl methyl sites for hydroxylation is 1. The molecule has 0 saturated heterocycles. The smallest absolute Gasteiger partial charge is 0.236 e. The average Bonchev–Trinajstić information content (AvgIpc) is 3.37. The van der Waals surface area contributed by atoms with Crippen molar-refractivity contribution >= 4 is 34.1 Å². The number of nitrogens with one attached hydrogen (secondary N) is 1. The van der Waals surface area contributed by atoms with Crippen LogP contribution in [0, 0.1) is 0 Å². The summed E-state index contributed by atoms with van der Waals surface area (Å²) in [4.78, 5) is 12.3. The number of methoxy groups -OCH3 is 2. The molecular formula is C18H22N6O3S2. The van der Waals surface area contributed by atoms with Gasteiger partial charge in [0.05, 0.1) is 26.0 Å². The lowest BCUT2D eigenvalue weighted by molar-refractivity contribution is -0.113. The Bertz CT molecular complexity index is 941. The van der Waals surface area contributed by atoms with Crippen molar-refractivity contribution in [1.29, 1.82) is 0 Å². The third-order valence-corrected chi connectivity index (χ3v) is 5.88. The fraction of sp³-hybridized carbons (Fsp3) is 0.389. The maximum Gasteiger partial charge on any atom is 0.236 e. The number of carbonyl (C=O) groups excluding carboxylic acids is 1. The molecule has 0 aliphatic heterocycles. The Kier molecular flexibility index (Phi) is 7.55. The summed E-state index contributed by atoms with van der Waals surface area (Å²) in [5.41, 5.74) is 0.909. The lowest BCUT2D eigenvalue weighted by Gasteiger charge is -2.10. The molecule has 9 nitrogen and oxygen atoms in total. The third-order valence-electron chi connectivity index (χ3n) is 3.93. The second-order valence-corrected chi connectivity index (χ2v) is 7.88. The van der Waals surface area contributed by atoms with Crippen LogP contribution in [0.2, 0.25) is 0 Å². The molecule has 1 aromatic carbocycles. The van der Waals surface area contributed by atoms with E-state index in [1.54, 1.807) is 14.2 Å². The minimum atomic E-state index is -0.166. The molecule has 29 heavy (non-hydrogen) atoms. The highest BCUT2D eigenvalue weighted by molar-refractivity contribution is 7.99. The van der Waals surface area contributed by atoms with Gasteiger partial charge in [-0.3, -0.25) is 14.7 Å². The summed E-state index contributed by atoms with van der Waals surface area (Å²) >= 11 is 2.69. The molecule has 0 aliphatic rings. The number of hydrogen-bond donors (Lipinski definition) is 1. The number of nitrogens with zero attached hydrogens (tertiary/aromatic N) is 5. The van der Waals surface area contributed by atoms with Gasteiger partial charge in [0.15, 0.2) is 11.0 Å². The minimum Gasteiger partial charge on any atom is -0.497 e. The molecule has 3 aromatic rings. The predicted octanol–water partition coefficient (Wildman–Crippen LogP) is 2.74. The number of benzene rings is 1. The normalized spacial score (nSPS) is 10.9. The van der Waals surface area contributed by atoms with Crippen LogP contribution in [-0.2, 0) is 22.5 Å². The highest BCUT2D eigenvalue weighted by atomic mass is 32.2. The van der Waals surface area contributed by atoms with Gasteiger partial charge < -0.3 is 9.47 Å². The van der Waals surface area contributed by atoms with Gasteiger partial charge in [0.2, 0.25) is 11.0 Å². The van der Waals surface area contributed by atoms with Gasteiger partial charge in [-0.15, -0.1) is 20.4 Å². The molecule has 2 aromatic heterocycles. The Morgan fingerprint density at radius 1 is 1.17 bits per heavy atom. The van der Waals surface area contributed by atoms with Crippen molar-refractivity contribution in [3.8, 4) is 17.1 Å². The maximum absolute atomic E-state index is 12.3. The summed E-state index contributed by atoms with van der Waals surface area (Å²) in [7, 11) is 3.27. The first-order valence-corrected chi connectivity index (χ1v) is 10.8. The van der Waals surface area contributed by atoms with Crippen molar-refractivity contribution in [1.82, 2.24) is 25.0 Å². The van der Waals surface area contributed by atoms with E-state index in [1.807, 2.05) is 35.8 Å². The number of thioether (sulfide) groups is 1. The van der Waals surface area contributed by atoms with Crippen molar-refractivity contribution in [3.63, 3.8) is 0 Å². The number of rotatable bonds is 10. The molecule has 0 atom stereocenters. The van der Waals surface area contributed by atoms with Crippen LogP contribution in [0.25, 0.3) is 11.4 Å². The van der Waals surface area contributed by atoms with Crippen LogP contribution in [0.4, 0.5) is 5.13 Å². The second-order valence-electron chi connectivity index (χ2n) is 5.87. The van der Waals surface area contributed by atoms with Crippen LogP contribution in [0.1, 0.15) is 11.9 Å². The molecule has 1 N–H and O–H groups in total. The zero-order valence-corrected chi connectivity index (χ0v) is 18.0. The van der Waals surface area contributed by atoms with E-state index in [-0.39, 0.29) is 11.7 Å². The fourth-order valence-corrected chi connectivity index (χ4v) is 3.93. The van der Waals surface area contributed by atoms with Crippen molar-refractivity contribution in [2.24, 2.45) is 0 Å². The van der Waals surface area contributed by atoms with Gasteiger partial charge in [-0.2, -0.15) is 0 Å². The fourth-order valence-electron chi connectivity index (χ4n) is 2.47. The van der Waals surface area contributed by atoms with Gasteiger partial charge in [-0.25, -0.2) is 0 Å². The average molecular weight is 435 g/mol. The minimum absolute atomic E-state index is 0.166. The van der Waals surface area contributed by atoms with Gasteiger partial charge in [-0.05, 0) is 30.7 Å². The quantitative estimate of drug-likeness (QED) is 0.486. The lowest BCUT2D eigenvalue weighted by Crippen LogP contribution is -2.15. The molecule has 0 aliphatic carbocycles. The summed E-state index contributed by atoms with van der Waals surface area (Å²) in [5, 5.41) is 21.4. The van der Waals surface area contributed by atoms with Crippen LogP contribution >= 0.6 is 23.1 Å². The Hall–Kier alpha value is -2.50. The topological polar surface area (TPSA) is 104 Å². The summed E-state index contributed by atoms with van der Waals surface area (Å²) in [5.74, 6) is 1.51. The van der Waals surface area contributed by atoms with Gasteiger partial charge in [0, 0.05) is 12.7 Å². The van der Waals surface area contributed by atoms with E-state index in [2.05, 4.69) is 25.7 Å². The number of carbonyl (C=O) groups is 1. The Morgan fingerprint density at radius 3 is 2.62 bits per heavy atom. The lowest BCUT2D eigenvalue weighted by atomic mass is 10.2. The number of ether oxygens (including phenoxy) is 2. The van der Waals surface area contributed by atoms with Crippen LogP contribution in [0.15, 0.2) is 29.4 Å². The molecule has 11 heteroatoms. The first kappa shape index (κ1) is 21.2. The van der Waals surface area contributed by atoms with E-state index in [4.69, 9.17) is 9.47 Å². The molecule has 154 valence electrons. The highest BCUT2D eigenvalue weighted by Crippen LogP contribution is 2.26. The standard InChI is InChI=1S/C18H22N6O3S2/c1-4-15-20-22-17(29-15)19-14(25)11-28-18-23-21-16(24(18)9-10-26-2)12-5-7-13(27-3)8-6-12/h5-8H,4,9-11H2,1-3H3,(H,19,22,25). The Balaban J connectivity index is 1.70. The van der Waals surface area contributed by atoms with Crippen LogP contribution in [0.3, 0.4) is 0 Å². The SMILES string of the molecule is CCc1nnc(NC(=O)CSc2nnc(-c3ccc(OC)cc3)n2CCOC)s1. The zero-order chi connectivity index (χ0) is 20.6. The number of amides is 1. The summed E-state index contributed by atoms with van der Waals surface area (Å²) in [6, 6.07) is 7.59. The predicted molar refractivity (Wildman–Crippen MR) is 113 cm³/mol. The van der Waals surface area contributed by atoms with Gasteiger partial charge in [-0.1, -0.05) is 30.0 Å². The molecule has 3 rings (SSSR count). The molecule has 0 radical (unpaired) electrons. The monoisotopic (exact) mass is 434 g/mol. The molecule has 1 amide bonds. The molecule has 0 unspecified atom stereocenters. The zero-order valence-electron chi connectivity index (χ0n) is 16.4. The molecule has 2 heterocycles. The van der Waals surface area contributed by atoms with E-state index in [0.29, 0.717) is 29.3 Å². The summed E-state index contributed by atoms with van der Waals surface area (Å²) in [6.07, 6.45) is 0.791. The van der Waals surface area contributed by atoms with Crippen molar-refractivity contribution in [3.05, 3.63) is 29.3 Å². The molecule has 0 bridgehead atoms. The second kappa shape index (κ2) is 10.3. The van der Waals surface area contributed by atoms with E-state index < -0.39 is 0 Å². The first-order valence-electron chi connectivity index (χ1n) is 8.96. The van der Waals surface area contributed by atoms with E-state index in [9.17, 15) is 4.79 Å². The number of anilines is 1. The van der Waals surface area contributed by atoms with E-state index >= 15 is 0 Å². The Labute approximate surface area is 176 Å². The molecule has 0 spiro atoms. The van der Waals surface area contributed by atoms with Crippen molar-refractivity contribution in [2.75, 3.05) is 31.9 Å². The van der Waals surface area contributed by atoms with Gasteiger partial charge in [0.1, 0.15) is 10.8 Å². The summed E-state index contributed by atoms with van der Waals surface area (Å²) in [6.45, 7) is 3.08. The highest BCUT2D eigenvalue weighted by Gasteiger charge is 2.16. The number of hydrogen-bond acceptors (Lipinski definition) is 9. The van der Waals surface area contributed by atoms with Crippen LogP contribution < -0.4 is 10.1 Å². The van der Waals surface area contributed by atoms with E-state index in [0.717, 1.165) is 22.7 Å². The largest absolute Gasteiger partial charge is 0.497 e. The maximum atomic E-state index is 12.3. The van der Waals surface area contributed by atoms with Gasteiger partial charge >= 0.3 is 0 Å².